The normalized spacial score (nSPS) is 20.7. The van der Waals surface area contributed by atoms with Gasteiger partial charge < -0.3 is 14.1 Å². The molecule has 1 aromatic heterocycles. The number of piperazine rings is 1. The second kappa shape index (κ2) is 5.81. The van der Waals surface area contributed by atoms with Gasteiger partial charge >= 0.3 is 0 Å². The number of ether oxygens (including phenoxy) is 1. The minimum absolute atomic E-state index is 0.480. The van der Waals surface area contributed by atoms with Crippen LogP contribution in [0.15, 0.2) is 28.7 Å². The topological polar surface area (TPSA) is 41.7 Å². The third kappa shape index (κ3) is 2.64. The predicted molar refractivity (Wildman–Crippen MR) is 79.1 cm³/mol. The van der Waals surface area contributed by atoms with Gasteiger partial charge in [0, 0.05) is 39.3 Å². The van der Waals surface area contributed by atoms with Gasteiger partial charge in [0.2, 0.25) is 0 Å². The van der Waals surface area contributed by atoms with E-state index in [-0.39, 0.29) is 0 Å². The summed E-state index contributed by atoms with van der Waals surface area (Å²) in [6, 6.07) is 9.13. The Balaban J connectivity index is 1.70. The Labute approximate surface area is 119 Å². The molecule has 0 N–H and O–H groups in total. The van der Waals surface area contributed by atoms with Gasteiger partial charge in [0.1, 0.15) is 5.52 Å². The first kappa shape index (κ1) is 13.4. The van der Waals surface area contributed by atoms with Crippen LogP contribution in [0.4, 0.5) is 6.01 Å². The van der Waals surface area contributed by atoms with Crippen LogP contribution in [0, 0.1) is 0 Å². The van der Waals surface area contributed by atoms with Crippen molar-refractivity contribution in [3.8, 4) is 0 Å². The summed E-state index contributed by atoms with van der Waals surface area (Å²) in [5, 5.41) is 0. The minimum atomic E-state index is 0.480. The largest absolute Gasteiger partial charge is 0.423 e. The molecule has 1 fully saturated rings. The molecule has 0 amide bonds. The van der Waals surface area contributed by atoms with Crippen molar-refractivity contribution in [2.75, 3.05) is 44.8 Å². The van der Waals surface area contributed by atoms with Crippen LogP contribution in [0.2, 0.25) is 0 Å². The Kier molecular flexibility index (Phi) is 3.89. The number of hydrogen-bond donors (Lipinski definition) is 0. The van der Waals surface area contributed by atoms with Gasteiger partial charge in [-0.15, -0.1) is 0 Å². The maximum Gasteiger partial charge on any atom is 0.298 e. The van der Waals surface area contributed by atoms with Crippen LogP contribution in [0.1, 0.15) is 6.92 Å². The zero-order valence-electron chi connectivity index (χ0n) is 12.1. The maximum absolute atomic E-state index is 5.84. The molecule has 5 heteroatoms. The zero-order valence-corrected chi connectivity index (χ0v) is 12.1. The van der Waals surface area contributed by atoms with E-state index in [2.05, 4.69) is 21.7 Å². The monoisotopic (exact) mass is 275 g/mol. The number of para-hydroxylation sites is 2. The summed E-state index contributed by atoms with van der Waals surface area (Å²) in [7, 11) is 1.75. The molecule has 0 spiro atoms. The van der Waals surface area contributed by atoms with E-state index in [9.17, 15) is 0 Å². The van der Waals surface area contributed by atoms with Gasteiger partial charge in [-0.25, -0.2) is 0 Å². The Hall–Kier alpha value is -1.59. The molecule has 0 bridgehead atoms. The quantitative estimate of drug-likeness (QED) is 0.853. The number of fused-ring (bicyclic) bond motifs is 1. The smallest absolute Gasteiger partial charge is 0.298 e. The lowest BCUT2D eigenvalue weighted by Crippen LogP contribution is -2.52. The average Bonchev–Trinajstić information content (AvgIpc) is 2.90. The molecular weight excluding hydrogens is 254 g/mol. The van der Waals surface area contributed by atoms with Crippen molar-refractivity contribution in [1.82, 2.24) is 9.88 Å². The number of methoxy groups -OCH3 is 1. The minimum Gasteiger partial charge on any atom is -0.423 e. The third-order valence-corrected chi connectivity index (χ3v) is 3.90. The molecule has 108 valence electrons. The van der Waals surface area contributed by atoms with Gasteiger partial charge in [-0.2, -0.15) is 4.98 Å². The van der Waals surface area contributed by atoms with Gasteiger partial charge in [-0.05, 0) is 19.1 Å². The summed E-state index contributed by atoms with van der Waals surface area (Å²) in [5.41, 5.74) is 1.79. The molecule has 0 radical (unpaired) electrons. The molecule has 1 saturated heterocycles. The van der Waals surface area contributed by atoms with E-state index in [1.807, 2.05) is 24.3 Å². The lowest BCUT2D eigenvalue weighted by atomic mass is 10.2. The Morgan fingerprint density at radius 3 is 2.95 bits per heavy atom. The second-order valence-electron chi connectivity index (χ2n) is 5.29. The van der Waals surface area contributed by atoms with E-state index < -0.39 is 0 Å². The fraction of sp³-hybridized carbons (Fsp3) is 0.533. The van der Waals surface area contributed by atoms with E-state index in [1.54, 1.807) is 7.11 Å². The number of anilines is 1. The summed E-state index contributed by atoms with van der Waals surface area (Å²) >= 11 is 0. The van der Waals surface area contributed by atoms with Gasteiger partial charge in [0.05, 0.1) is 6.61 Å². The average molecular weight is 275 g/mol. The van der Waals surface area contributed by atoms with E-state index in [0.29, 0.717) is 6.04 Å². The molecule has 1 atom stereocenters. The summed E-state index contributed by atoms with van der Waals surface area (Å²) < 4.78 is 11.0. The van der Waals surface area contributed by atoms with E-state index >= 15 is 0 Å². The van der Waals surface area contributed by atoms with Crippen molar-refractivity contribution in [1.29, 1.82) is 0 Å². The Bertz CT molecular complexity index is 536. The summed E-state index contributed by atoms with van der Waals surface area (Å²) in [5.74, 6) is 0. The number of benzene rings is 1. The van der Waals surface area contributed by atoms with Crippen LogP contribution in [0.25, 0.3) is 11.1 Å². The van der Waals surface area contributed by atoms with Gasteiger partial charge in [-0.3, -0.25) is 4.90 Å². The molecule has 1 aliphatic heterocycles. The van der Waals surface area contributed by atoms with Gasteiger partial charge in [0.15, 0.2) is 5.58 Å². The van der Waals surface area contributed by atoms with E-state index in [0.717, 1.165) is 49.9 Å². The highest BCUT2D eigenvalue weighted by atomic mass is 16.5. The summed E-state index contributed by atoms with van der Waals surface area (Å²) in [6.07, 6.45) is 0. The molecule has 2 aromatic rings. The van der Waals surface area contributed by atoms with Crippen LogP contribution in [0.3, 0.4) is 0 Å². The summed E-state index contributed by atoms with van der Waals surface area (Å²) in [6.45, 7) is 6.91. The molecule has 2 heterocycles. The van der Waals surface area contributed by atoms with Gasteiger partial charge in [-0.1, -0.05) is 12.1 Å². The molecule has 20 heavy (non-hydrogen) atoms. The lowest BCUT2D eigenvalue weighted by molar-refractivity contribution is 0.116. The fourth-order valence-electron chi connectivity index (χ4n) is 2.71. The molecule has 1 aliphatic rings. The van der Waals surface area contributed by atoms with Crippen LogP contribution >= 0.6 is 0 Å². The van der Waals surface area contributed by atoms with Crippen molar-refractivity contribution >= 4 is 17.1 Å². The SMILES string of the molecule is COCCN1CCN(c2nc3ccccc3o2)C[C@H]1C. The van der Waals surface area contributed by atoms with Crippen LogP contribution < -0.4 is 4.90 Å². The summed E-state index contributed by atoms with van der Waals surface area (Å²) in [4.78, 5) is 9.25. The van der Waals surface area contributed by atoms with Crippen molar-refractivity contribution < 1.29 is 9.15 Å². The van der Waals surface area contributed by atoms with E-state index in [1.165, 1.54) is 0 Å². The first-order valence-corrected chi connectivity index (χ1v) is 7.11. The van der Waals surface area contributed by atoms with Crippen molar-refractivity contribution in [3.63, 3.8) is 0 Å². The highest BCUT2D eigenvalue weighted by molar-refractivity contribution is 5.74. The number of rotatable bonds is 4. The fourth-order valence-corrected chi connectivity index (χ4v) is 2.71. The Morgan fingerprint density at radius 1 is 1.35 bits per heavy atom. The van der Waals surface area contributed by atoms with Crippen molar-refractivity contribution in [2.24, 2.45) is 0 Å². The standard InChI is InChI=1S/C15H21N3O2/c1-12-11-18(8-7-17(12)9-10-19-2)15-16-13-5-3-4-6-14(13)20-15/h3-6,12H,7-11H2,1-2H3/t12-/m1/s1. The Morgan fingerprint density at radius 2 is 2.20 bits per heavy atom. The molecule has 0 saturated carbocycles. The number of aromatic nitrogens is 1. The lowest BCUT2D eigenvalue weighted by Gasteiger charge is -2.39. The molecule has 5 nitrogen and oxygen atoms in total. The molecule has 1 aromatic carbocycles. The van der Waals surface area contributed by atoms with Gasteiger partial charge in [0.25, 0.3) is 6.01 Å². The first-order chi connectivity index (χ1) is 9.78. The maximum atomic E-state index is 5.84. The van der Waals surface area contributed by atoms with Crippen LogP contribution in [-0.2, 0) is 4.74 Å². The number of oxazole rings is 1. The highest BCUT2D eigenvalue weighted by Gasteiger charge is 2.26. The second-order valence-corrected chi connectivity index (χ2v) is 5.29. The molecular formula is C15H21N3O2. The first-order valence-electron chi connectivity index (χ1n) is 7.11. The third-order valence-electron chi connectivity index (χ3n) is 3.90. The zero-order chi connectivity index (χ0) is 13.9. The molecule has 0 aliphatic carbocycles. The number of nitrogens with zero attached hydrogens (tertiary/aromatic N) is 3. The van der Waals surface area contributed by atoms with Crippen molar-refractivity contribution in [2.45, 2.75) is 13.0 Å². The highest BCUT2D eigenvalue weighted by Crippen LogP contribution is 2.23. The van der Waals surface area contributed by atoms with Crippen LogP contribution in [-0.4, -0.2) is 55.8 Å². The molecule has 3 rings (SSSR count). The van der Waals surface area contributed by atoms with Crippen molar-refractivity contribution in [3.05, 3.63) is 24.3 Å². The predicted octanol–water partition coefficient (Wildman–Crippen LogP) is 1.98. The molecule has 0 unspecified atom stereocenters. The number of hydrogen-bond acceptors (Lipinski definition) is 5. The van der Waals surface area contributed by atoms with E-state index in [4.69, 9.17) is 9.15 Å². The van der Waals surface area contributed by atoms with Crippen LogP contribution in [0.5, 0.6) is 0 Å².